The van der Waals surface area contributed by atoms with Crippen molar-refractivity contribution in [3.8, 4) is 0 Å². The first-order valence-corrected chi connectivity index (χ1v) is 4.24. The van der Waals surface area contributed by atoms with Crippen LogP contribution in [0, 0.1) is 10.1 Å². The van der Waals surface area contributed by atoms with Gasteiger partial charge < -0.3 is 20.5 Å². The van der Waals surface area contributed by atoms with Gasteiger partial charge >= 0.3 is 5.82 Å². The van der Waals surface area contributed by atoms with E-state index in [-0.39, 0.29) is 18.5 Å². The average molecular weight is 200 g/mol. The smallest absolute Gasteiger partial charge is 0.366 e. The lowest BCUT2D eigenvalue weighted by Gasteiger charge is -2.12. The van der Waals surface area contributed by atoms with Crippen LogP contribution in [0.15, 0.2) is 6.20 Å². The van der Waals surface area contributed by atoms with Crippen LogP contribution < -0.4 is 5.32 Å². The van der Waals surface area contributed by atoms with Gasteiger partial charge in [-0.2, -0.15) is 0 Å². The van der Waals surface area contributed by atoms with Crippen LogP contribution in [0.1, 0.15) is 13.3 Å². The third-order valence-electron chi connectivity index (χ3n) is 1.87. The molecular formula is C7H12N4O3. The normalized spacial score (nSPS) is 12.4. The Kier molecular flexibility index (Phi) is 3.41. The van der Waals surface area contributed by atoms with Crippen molar-refractivity contribution < 1.29 is 10.0 Å². The zero-order valence-electron chi connectivity index (χ0n) is 7.73. The molecule has 1 aromatic rings. The van der Waals surface area contributed by atoms with E-state index in [1.165, 1.54) is 6.20 Å². The molecule has 0 aromatic carbocycles. The van der Waals surface area contributed by atoms with Crippen molar-refractivity contribution in [1.82, 2.24) is 10.2 Å². The Bertz CT molecular complexity index is 308. The lowest BCUT2D eigenvalue weighted by atomic mass is 10.2. The quantitative estimate of drug-likeness (QED) is 0.474. The summed E-state index contributed by atoms with van der Waals surface area (Å²) >= 11 is 0. The van der Waals surface area contributed by atoms with E-state index in [0.717, 1.165) is 0 Å². The maximum atomic E-state index is 10.5. The van der Waals surface area contributed by atoms with E-state index in [1.807, 2.05) is 6.92 Å². The van der Waals surface area contributed by atoms with Gasteiger partial charge in [0.1, 0.15) is 6.20 Å². The van der Waals surface area contributed by atoms with Gasteiger partial charge in [-0.05, 0) is 11.3 Å². The predicted molar refractivity (Wildman–Crippen MR) is 50.0 cm³/mol. The van der Waals surface area contributed by atoms with E-state index >= 15 is 0 Å². The summed E-state index contributed by atoms with van der Waals surface area (Å²) in [4.78, 5) is 9.92. The van der Waals surface area contributed by atoms with Crippen LogP contribution in [0.2, 0.25) is 0 Å². The Morgan fingerprint density at radius 1 is 1.86 bits per heavy atom. The third-order valence-corrected chi connectivity index (χ3v) is 1.87. The molecule has 78 valence electrons. The molecule has 1 rings (SSSR count). The average Bonchev–Trinajstić information content (AvgIpc) is 2.62. The van der Waals surface area contributed by atoms with Gasteiger partial charge in [-0.25, -0.2) is 0 Å². The van der Waals surface area contributed by atoms with Crippen molar-refractivity contribution in [2.45, 2.75) is 19.4 Å². The molecule has 0 spiro atoms. The molecule has 0 saturated heterocycles. The Morgan fingerprint density at radius 2 is 2.57 bits per heavy atom. The Morgan fingerprint density at radius 3 is 3.07 bits per heavy atom. The van der Waals surface area contributed by atoms with E-state index in [4.69, 9.17) is 5.11 Å². The highest BCUT2D eigenvalue weighted by Crippen LogP contribution is 2.20. The summed E-state index contributed by atoms with van der Waals surface area (Å²) in [6.45, 7) is 1.80. The summed E-state index contributed by atoms with van der Waals surface area (Å²) in [7, 11) is 0. The van der Waals surface area contributed by atoms with E-state index < -0.39 is 4.92 Å². The fourth-order valence-electron chi connectivity index (χ4n) is 1.02. The first-order valence-electron chi connectivity index (χ1n) is 4.24. The van der Waals surface area contributed by atoms with E-state index in [2.05, 4.69) is 15.5 Å². The Hall–Kier alpha value is -1.63. The number of H-pyrrole nitrogens is 1. The molecular weight excluding hydrogens is 188 g/mol. The summed E-state index contributed by atoms with van der Waals surface area (Å²) in [6.07, 6.45) is 2.01. The Balaban J connectivity index is 2.75. The van der Waals surface area contributed by atoms with Crippen molar-refractivity contribution >= 4 is 11.5 Å². The third kappa shape index (κ3) is 2.19. The van der Waals surface area contributed by atoms with Crippen molar-refractivity contribution in [1.29, 1.82) is 0 Å². The number of rotatable bonds is 5. The molecule has 0 aliphatic carbocycles. The minimum Gasteiger partial charge on any atom is -0.394 e. The Labute approximate surface area is 80.3 Å². The molecule has 14 heavy (non-hydrogen) atoms. The van der Waals surface area contributed by atoms with Crippen LogP contribution in [0.4, 0.5) is 11.5 Å². The molecule has 0 fully saturated rings. The lowest BCUT2D eigenvalue weighted by Crippen LogP contribution is -2.22. The number of aliphatic hydroxyl groups excluding tert-OH is 1. The van der Waals surface area contributed by atoms with E-state index in [0.29, 0.717) is 12.1 Å². The van der Waals surface area contributed by atoms with Gasteiger partial charge in [0, 0.05) is 6.04 Å². The van der Waals surface area contributed by atoms with Gasteiger partial charge in [-0.3, -0.25) is 0 Å². The summed E-state index contributed by atoms with van der Waals surface area (Å²) < 4.78 is 0. The van der Waals surface area contributed by atoms with Crippen molar-refractivity contribution in [2.75, 3.05) is 11.9 Å². The first kappa shape index (κ1) is 10.5. The van der Waals surface area contributed by atoms with Crippen LogP contribution in [0.3, 0.4) is 0 Å². The standard InChI is InChI=1S/C7H12N4O3/c1-2-5(4-12)9-6-3-8-10-7(6)11(13)14/h3,5,9,12H,2,4H2,1H3,(H,8,10). The highest BCUT2D eigenvalue weighted by atomic mass is 16.6. The minimum atomic E-state index is -0.556. The van der Waals surface area contributed by atoms with E-state index in [1.54, 1.807) is 0 Å². The van der Waals surface area contributed by atoms with Crippen LogP contribution in [0.25, 0.3) is 0 Å². The summed E-state index contributed by atoms with van der Waals surface area (Å²) in [5.74, 6) is -0.183. The second-order valence-corrected chi connectivity index (χ2v) is 2.82. The highest BCUT2D eigenvalue weighted by molar-refractivity contribution is 5.55. The molecule has 1 heterocycles. The number of nitrogens with zero attached hydrogens (tertiary/aromatic N) is 2. The number of anilines is 1. The molecule has 1 aromatic heterocycles. The zero-order valence-corrected chi connectivity index (χ0v) is 7.73. The molecule has 1 unspecified atom stereocenters. The number of nitro groups is 1. The highest BCUT2D eigenvalue weighted by Gasteiger charge is 2.16. The molecule has 0 bridgehead atoms. The number of hydrogen-bond donors (Lipinski definition) is 3. The van der Waals surface area contributed by atoms with Gasteiger partial charge in [0.2, 0.25) is 0 Å². The van der Waals surface area contributed by atoms with Crippen LogP contribution in [-0.2, 0) is 0 Å². The lowest BCUT2D eigenvalue weighted by molar-refractivity contribution is -0.388. The number of aliphatic hydroxyl groups is 1. The maximum absolute atomic E-state index is 10.5. The molecule has 0 saturated carbocycles. The molecule has 0 radical (unpaired) electrons. The molecule has 0 aliphatic rings. The molecule has 3 N–H and O–H groups in total. The topological polar surface area (TPSA) is 104 Å². The van der Waals surface area contributed by atoms with Crippen LogP contribution in [-0.4, -0.2) is 32.9 Å². The summed E-state index contributed by atoms with van der Waals surface area (Å²) in [6, 6.07) is -0.189. The molecule has 1 atom stereocenters. The summed E-state index contributed by atoms with van der Waals surface area (Å²) in [5, 5.41) is 28.0. The molecule has 0 amide bonds. The van der Waals surface area contributed by atoms with E-state index in [9.17, 15) is 10.1 Å². The van der Waals surface area contributed by atoms with Gasteiger partial charge in [0.25, 0.3) is 0 Å². The second kappa shape index (κ2) is 4.56. The van der Waals surface area contributed by atoms with Crippen molar-refractivity contribution in [3.63, 3.8) is 0 Å². The van der Waals surface area contributed by atoms with Gasteiger partial charge in [0.05, 0.1) is 6.61 Å². The SMILES string of the molecule is CCC(CO)Nc1cn[nH]c1[N+](=O)[O-]. The predicted octanol–water partition coefficient (Wildman–Crippen LogP) is 0.501. The van der Waals surface area contributed by atoms with Gasteiger partial charge in [-0.15, -0.1) is 5.10 Å². The first-order chi connectivity index (χ1) is 6.69. The number of hydrogen-bond acceptors (Lipinski definition) is 5. The molecule has 7 heteroatoms. The minimum absolute atomic E-state index is 0.0706. The number of nitrogens with one attached hydrogen (secondary N) is 2. The van der Waals surface area contributed by atoms with Crippen LogP contribution in [0.5, 0.6) is 0 Å². The van der Waals surface area contributed by atoms with Crippen molar-refractivity contribution in [3.05, 3.63) is 16.3 Å². The molecule has 7 nitrogen and oxygen atoms in total. The largest absolute Gasteiger partial charge is 0.394 e. The monoisotopic (exact) mass is 200 g/mol. The van der Waals surface area contributed by atoms with Crippen molar-refractivity contribution in [2.24, 2.45) is 0 Å². The van der Waals surface area contributed by atoms with Gasteiger partial charge in [-0.1, -0.05) is 12.0 Å². The zero-order chi connectivity index (χ0) is 10.6. The summed E-state index contributed by atoms with van der Waals surface area (Å²) in [5.41, 5.74) is 0.302. The fraction of sp³-hybridized carbons (Fsp3) is 0.571. The number of aromatic nitrogens is 2. The second-order valence-electron chi connectivity index (χ2n) is 2.82. The maximum Gasteiger partial charge on any atom is 0.366 e. The molecule has 0 aliphatic heterocycles. The number of aromatic amines is 1. The van der Waals surface area contributed by atoms with Gasteiger partial charge in [0.15, 0.2) is 5.69 Å². The fourth-order valence-corrected chi connectivity index (χ4v) is 1.02. The van der Waals surface area contributed by atoms with Crippen LogP contribution >= 0.6 is 0 Å².